The van der Waals surface area contributed by atoms with Crippen LogP contribution in [0.15, 0.2) is 60.8 Å². The highest BCUT2D eigenvalue weighted by molar-refractivity contribution is 5.91. The van der Waals surface area contributed by atoms with Crippen molar-refractivity contribution in [3.05, 3.63) is 71.9 Å². The summed E-state index contributed by atoms with van der Waals surface area (Å²) < 4.78 is 10.7. The first-order chi connectivity index (χ1) is 13.5. The molecule has 0 spiro atoms. The molecule has 0 unspecified atom stereocenters. The van der Waals surface area contributed by atoms with E-state index >= 15 is 0 Å². The molecule has 0 saturated heterocycles. The minimum absolute atomic E-state index is 0.134. The van der Waals surface area contributed by atoms with Crippen molar-refractivity contribution in [2.45, 2.75) is 13.8 Å². The Bertz CT molecular complexity index is 955. The van der Waals surface area contributed by atoms with Gasteiger partial charge in [0.15, 0.2) is 18.1 Å². The number of methoxy groups -OCH3 is 1. The fourth-order valence-electron chi connectivity index (χ4n) is 2.59. The molecule has 0 atom stereocenters. The Balaban J connectivity index is 1.54. The summed E-state index contributed by atoms with van der Waals surface area (Å²) in [6.07, 6.45) is 1.67. The van der Waals surface area contributed by atoms with Crippen LogP contribution in [-0.4, -0.2) is 24.6 Å². The van der Waals surface area contributed by atoms with E-state index in [2.05, 4.69) is 41.6 Å². The van der Waals surface area contributed by atoms with Crippen molar-refractivity contribution in [2.24, 2.45) is 0 Å². The van der Waals surface area contributed by atoms with Crippen molar-refractivity contribution < 1.29 is 14.3 Å². The van der Waals surface area contributed by atoms with Crippen LogP contribution >= 0.6 is 0 Å². The molecule has 3 rings (SSSR count). The van der Waals surface area contributed by atoms with Gasteiger partial charge in [0.05, 0.1) is 19.0 Å². The molecule has 144 valence electrons. The van der Waals surface area contributed by atoms with Gasteiger partial charge in [0.25, 0.3) is 5.91 Å². The lowest BCUT2D eigenvalue weighted by molar-refractivity contribution is -0.118. The predicted octanol–water partition coefficient (Wildman–Crippen LogP) is 4.47. The second-order valence-corrected chi connectivity index (χ2v) is 6.34. The number of hydrogen-bond donors (Lipinski definition) is 2. The van der Waals surface area contributed by atoms with E-state index in [9.17, 15) is 4.79 Å². The molecule has 28 heavy (non-hydrogen) atoms. The van der Waals surface area contributed by atoms with E-state index in [0.717, 1.165) is 11.4 Å². The SMILES string of the molecule is COc1ccccc1OCC(=O)Nc1ccc(Nc2ccc(C)c(C)c2)cn1. The zero-order valence-corrected chi connectivity index (χ0v) is 16.2. The van der Waals surface area contributed by atoms with Crippen molar-refractivity contribution in [3.63, 3.8) is 0 Å². The second-order valence-electron chi connectivity index (χ2n) is 6.34. The van der Waals surface area contributed by atoms with Crippen molar-refractivity contribution in [3.8, 4) is 11.5 Å². The first kappa shape index (κ1) is 19.2. The van der Waals surface area contributed by atoms with Crippen LogP contribution in [0.4, 0.5) is 17.2 Å². The van der Waals surface area contributed by atoms with Gasteiger partial charge in [-0.05, 0) is 61.4 Å². The Kier molecular flexibility index (Phi) is 6.11. The van der Waals surface area contributed by atoms with E-state index in [0.29, 0.717) is 17.3 Å². The van der Waals surface area contributed by atoms with Gasteiger partial charge in [0.1, 0.15) is 5.82 Å². The predicted molar refractivity (Wildman–Crippen MR) is 111 cm³/mol. The van der Waals surface area contributed by atoms with Crippen LogP contribution < -0.4 is 20.1 Å². The minimum Gasteiger partial charge on any atom is -0.493 e. The summed E-state index contributed by atoms with van der Waals surface area (Å²) in [5.41, 5.74) is 4.30. The zero-order valence-electron chi connectivity index (χ0n) is 16.2. The van der Waals surface area contributed by atoms with Gasteiger partial charge in [0.2, 0.25) is 0 Å². The number of nitrogens with one attached hydrogen (secondary N) is 2. The summed E-state index contributed by atoms with van der Waals surface area (Å²) in [5.74, 6) is 1.25. The van der Waals surface area contributed by atoms with Crippen LogP contribution in [0, 0.1) is 13.8 Å². The average Bonchev–Trinajstić information content (AvgIpc) is 2.71. The Hall–Kier alpha value is -3.54. The zero-order chi connectivity index (χ0) is 19.9. The van der Waals surface area contributed by atoms with Crippen molar-refractivity contribution in [2.75, 3.05) is 24.4 Å². The molecule has 0 fully saturated rings. The largest absolute Gasteiger partial charge is 0.493 e. The third-order valence-corrected chi connectivity index (χ3v) is 4.25. The number of amides is 1. The van der Waals surface area contributed by atoms with Crippen LogP contribution in [0.3, 0.4) is 0 Å². The van der Waals surface area contributed by atoms with Gasteiger partial charge in [-0.2, -0.15) is 0 Å². The summed E-state index contributed by atoms with van der Waals surface area (Å²) in [5, 5.41) is 6.01. The number of hydrogen-bond acceptors (Lipinski definition) is 5. The third-order valence-electron chi connectivity index (χ3n) is 4.25. The lowest BCUT2D eigenvalue weighted by Gasteiger charge is -2.11. The highest BCUT2D eigenvalue weighted by Crippen LogP contribution is 2.25. The van der Waals surface area contributed by atoms with E-state index in [1.807, 2.05) is 24.3 Å². The van der Waals surface area contributed by atoms with Gasteiger partial charge in [-0.15, -0.1) is 0 Å². The molecule has 1 aromatic heterocycles. The number of aryl methyl sites for hydroxylation is 2. The van der Waals surface area contributed by atoms with Crippen molar-refractivity contribution >= 4 is 23.1 Å². The van der Waals surface area contributed by atoms with E-state index in [-0.39, 0.29) is 12.5 Å². The molecule has 6 heteroatoms. The molecule has 1 heterocycles. The summed E-state index contributed by atoms with van der Waals surface area (Å²) in [6, 6.07) is 17.0. The number of para-hydroxylation sites is 2. The average molecular weight is 377 g/mol. The molecule has 0 aliphatic heterocycles. The molecule has 2 aromatic carbocycles. The van der Waals surface area contributed by atoms with E-state index in [1.165, 1.54) is 11.1 Å². The molecule has 0 radical (unpaired) electrons. The molecule has 2 N–H and O–H groups in total. The Morgan fingerprint density at radius 3 is 2.39 bits per heavy atom. The highest BCUT2D eigenvalue weighted by atomic mass is 16.5. The van der Waals surface area contributed by atoms with Crippen LogP contribution in [0.5, 0.6) is 11.5 Å². The summed E-state index contributed by atoms with van der Waals surface area (Å²) in [4.78, 5) is 16.4. The normalized spacial score (nSPS) is 10.2. The second kappa shape index (κ2) is 8.90. The van der Waals surface area contributed by atoms with Gasteiger partial charge in [-0.1, -0.05) is 18.2 Å². The first-order valence-corrected chi connectivity index (χ1v) is 8.91. The number of carbonyl (C=O) groups is 1. The molecule has 1 amide bonds. The standard InChI is InChI=1S/C22H23N3O3/c1-15-8-9-17(12-16(15)2)24-18-10-11-21(23-13-18)25-22(26)14-28-20-7-5-4-6-19(20)27-3/h4-13,24H,14H2,1-3H3,(H,23,25,26). The molecule has 0 aliphatic carbocycles. The van der Waals surface area contributed by atoms with Crippen LogP contribution in [0.1, 0.15) is 11.1 Å². The van der Waals surface area contributed by atoms with Gasteiger partial charge in [-0.3, -0.25) is 4.79 Å². The van der Waals surface area contributed by atoms with Gasteiger partial charge in [-0.25, -0.2) is 4.98 Å². The maximum atomic E-state index is 12.1. The molecule has 3 aromatic rings. The number of carbonyl (C=O) groups excluding carboxylic acids is 1. The molecule has 0 aliphatic rings. The minimum atomic E-state index is -0.298. The summed E-state index contributed by atoms with van der Waals surface area (Å²) >= 11 is 0. The number of rotatable bonds is 7. The van der Waals surface area contributed by atoms with E-state index < -0.39 is 0 Å². The van der Waals surface area contributed by atoms with Gasteiger partial charge >= 0.3 is 0 Å². The van der Waals surface area contributed by atoms with Gasteiger partial charge in [0, 0.05) is 5.69 Å². The lowest BCUT2D eigenvalue weighted by atomic mass is 10.1. The number of aromatic nitrogens is 1. The van der Waals surface area contributed by atoms with Crippen LogP contribution in [-0.2, 0) is 4.79 Å². The Morgan fingerprint density at radius 1 is 0.964 bits per heavy atom. The van der Waals surface area contributed by atoms with E-state index in [1.54, 1.807) is 31.5 Å². The summed E-state index contributed by atoms with van der Waals surface area (Å²) in [7, 11) is 1.56. The Morgan fingerprint density at radius 2 is 1.71 bits per heavy atom. The number of nitrogens with zero attached hydrogens (tertiary/aromatic N) is 1. The Labute approximate surface area is 164 Å². The number of ether oxygens (including phenoxy) is 2. The molecular weight excluding hydrogens is 354 g/mol. The molecule has 6 nitrogen and oxygen atoms in total. The van der Waals surface area contributed by atoms with E-state index in [4.69, 9.17) is 9.47 Å². The number of pyridine rings is 1. The van der Waals surface area contributed by atoms with Crippen molar-refractivity contribution in [1.29, 1.82) is 0 Å². The molecular formula is C22H23N3O3. The number of benzene rings is 2. The van der Waals surface area contributed by atoms with Crippen LogP contribution in [0.2, 0.25) is 0 Å². The topological polar surface area (TPSA) is 72.5 Å². The third kappa shape index (κ3) is 5.01. The smallest absolute Gasteiger partial charge is 0.263 e. The maximum absolute atomic E-state index is 12.1. The monoisotopic (exact) mass is 377 g/mol. The fourth-order valence-corrected chi connectivity index (χ4v) is 2.59. The van der Waals surface area contributed by atoms with Gasteiger partial charge < -0.3 is 20.1 Å². The van der Waals surface area contributed by atoms with Crippen LogP contribution in [0.25, 0.3) is 0 Å². The lowest BCUT2D eigenvalue weighted by Crippen LogP contribution is -2.20. The quantitative estimate of drug-likeness (QED) is 0.636. The highest BCUT2D eigenvalue weighted by Gasteiger charge is 2.08. The van der Waals surface area contributed by atoms with Crippen molar-refractivity contribution in [1.82, 2.24) is 4.98 Å². The number of anilines is 3. The molecule has 0 bridgehead atoms. The maximum Gasteiger partial charge on any atom is 0.263 e. The summed E-state index contributed by atoms with van der Waals surface area (Å²) in [6.45, 7) is 4.02. The molecule has 0 saturated carbocycles. The fraction of sp³-hybridized carbons (Fsp3) is 0.182. The first-order valence-electron chi connectivity index (χ1n) is 8.91.